The lowest BCUT2D eigenvalue weighted by molar-refractivity contribution is -0.132. The molecule has 0 aliphatic carbocycles. The van der Waals surface area contributed by atoms with E-state index in [1.54, 1.807) is 25.3 Å². The van der Waals surface area contributed by atoms with E-state index in [1.165, 1.54) is 20.5 Å². The Kier molecular flexibility index (Phi) is 6.33. The van der Waals surface area contributed by atoms with E-state index in [0.717, 1.165) is 17.5 Å². The molecule has 0 bridgehead atoms. The van der Waals surface area contributed by atoms with Crippen molar-refractivity contribution < 1.29 is 14.4 Å². The number of nitrogens with one attached hydrogen (secondary N) is 2. The van der Waals surface area contributed by atoms with Crippen LogP contribution in [0.5, 0.6) is 0 Å². The third-order valence-electron chi connectivity index (χ3n) is 6.03. The van der Waals surface area contributed by atoms with E-state index in [-0.39, 0.29) is 30.0 Å². The normalized spacial score (nSPS) is 17.5. The van der Waals surface area contributed by atoms with Crippen LogP contribution in [0.25, 0.3) is 0 Å². The molecule has 2 N–H and O–H groups in total. The average molecular weight is 466 g/mol. The molecule has 3 aromatic rings. The first-order valence-corrected chi connectivity index (χ1v) is 11.7. The van der Waals surface area contributed by atoms with Gasteiger partial charge < -0.3 is 15.5 Å². The van der Waals surface area contributed by atoms with Gasteiger partial charge in [0.05, 0.1) is 6.54 Å². The summed E-state index contributed by atoms with van der Waals surface area (Å²) < 4.78 is 1.46. The average Bonchev–Trinajstić information content (AvgIpc) is 3.47. The monoisotopic (exact) mass is 465 g/mol. The number of hydrogen-bond acceptors (Lipinski definition) is 5. The fraction of sp³-hybridized carbons (Fsp3) is 0.333. The number of rotatable bonds is 7. The van der Waals surface area contributed by atoms with Crippen molar-refractivity contribution in [3.05, 3.63) is 75.2 Å². The van der Waals surface area contributed by atoms with Crippen LogP contribution >= 0.6 is 11.3 Å². The summed E-state index contributed by atoms with van der Waals surface area (Å²) in [5.74, 6) is -0.962. The highest BCUT2D eigenvalue weighted by Gasteiger charge is 2.46. The van der Waals surface area contributed by atoms with Crippen LogP contribution in [0.4, 0.5) is 0 Å². The van der Waals surface area contributed by atoms with E-state index in [9.17, 15) is 14.4 Å². The number of nitrogens with zero attached hydrogens (tertiary/aromatic N) is 3. The van der Waals surface area contributed by atoms with Crippen molar-refractivity contribution in [1.29, 1.82) is 0 Å². The summed E-state index contributed by atoms with van der Waals surface area (Å²) in [4.78, 5) is 41.3. The number of hydrogen-bond donors (Lipinski definition) is 2. The van der Waals surface area contributed by atoms with Crippen molar-refractivity contribution in [1.82, 2.24) is 25.3 Å². The Hall–Kier alpha value is -3.46. The van der Waals surface area contributed by atoms with Crippen LogP contribution in [0.3, 0.4) is 0 Å². The van der Waals surface area contributed by atoms with Crippen LogP contribution in [0.15, 0.2) is 47.8 Å². The molecule has 3 amide bonds. The smallest absolute Gasteiger partial charge is 0.272 e. The Morgan fingerprint density at radius 2 is 1.94 bits per heavy atom. The van der Waals surface area contributed by atoms with Crippen LogP contribution < -0.4 is 10.6 Å². The Bertz CT molecular complexity index is 1170. The number of thiophene rings is 1. The van der Waals surface area contributed by atoms with Crippen molar-refractivity contribution >= 4 is 29.1 Å². The third-order valence-corrected chi connectivity index (χ3v) is 6.97. The molecule has 0 saturated heterocycles. The molecule has 1 aliphatic rings. The van der Waals surface area contributed by atoms with Gasteiger partial charge in [-0.15, -0.1) is 11.3 Å². The van der Waals surface area contributed by atoms with Gasteiger partial charge in [0.2, 0.25) is 5.91 Å². The highest BCUT2D eigenvalue weighted by molar-refractivity contribution is 7.09. The molecule has 2 aromatic heterocycles. The number of fused-ring (bicyclic) bond motifs is 1. The van der Waals surface area contributed by atoms with Gasteiger partial charge in [-0.1, -0.05) is 35.9 Å². The molecule has 1 aliphatic heterocycles. The van der Waals surface area contributed by atoms with Gasteiger partial charge in [-0.3, -0.25) is 19.1 Å². The lowest BCUT2D eigenvalue weighted by Crippen LogP contribution is -2.62. The molecular formula is C24H27N5O3S. The van der Waals surface area contributed by atoms with Crippen molar-refractivity contribution in [3.8, 4) is 0 Å². The molecule has 0 spiro atoms. The molecule has 0 fully saturated rings. The van der Waals surface area contributed by atoms with Crippen molar-refractivity contribution in [2.45, 2.75) is 38.9 Å². The van der Waals surface area contributed by atoms with E-state index >= 15 is 0 Å². The maximum absolute atomic E-state index is 13.1. The maximum atomic E-state index is 13.1. The lowest BCUT2D eigenvalue weighted by Gasteiger charge is -2.40. The molecular weight excluding hydrogens is 438 g/mol. The van der Waals surface area contributed by atoms with Gasteiger partial charge in [0.15, 0.2) is 5.69 Å². The number of amides is 3. The summed E-state index contributed by atoms with van der Waals surface area (Å²) in [6.45, 7) is 4.72. The van der Waals surface area contributed by atoms with Crippen LogP contribution in [0.2, 0.25) is 0 Å². The van der Waals surface area contributed by atoms with Gasteiger partial charge >= 0.3 is 0 Å². The summed E-state index contributed by atoms with van der Waals surface area (Å²) in [5.41, 5.74) is 1.45. The molecule has 1 aromatic carbocycles. The zero-order valence-electron chi connectivity index (χ0n) is 18.9. The second-order valence-corrected chi connectivity index (χ2v) is 9.50. The first-order chi connectivity index (χ1) is 15.8. The Morgan fingerprint density at radius 1 is 1.18 bits per heavy atom. The van der Waals surface area contributed by atoms with Gasteiger partial charge in [0, 0.05) is 31.1 Å². The highest BCUT2D eigenvalue weighted by Crippen LogP contribution is 2.26. The number of aromatic nitrogens is 2. The topological polar surface area (TPSA) is 96.3 Å². The molecule has 0 saturated carbocycles. The number of carbonyl (C=O) groups excluding carboxylic acids is 3. The van der Waals surface area contributed by atoms with E-state index < -0.39 is 5.54 Å². The molecule has 172 valence electrons. The number of likely N-dealkylation sites (N-methyl/N-ethyl adjacent to an activating group) is 1. The Labute approximate surface area is 196 Å². The van der Waals surface area contributed by atoms with Gasteiger partial charge in [0.25, 0.3) is 11.8 Å². The Morgan fingerprint density at radius 3 is 2.64 bits per heavy atom. The fourth-order valence-corrected chi connectivity index (χ4v) is 4.47. The van der Waals surface area contributed by atoms with E-state index in [2.05, 4.69) is 15.7 Å². The maximum Gasteiger partial charge on any atom is 0.272 e. The summed E-state index contributed by atoms with van der Waals surface area (Å²) in [7, 11) is 1.60. The largest absolute Gasteiger partial charge is 0.350 e. The van der Waals surface area contributed by atoms with Crippen LogP contribution in [0.1, 0.15) is 43.9 Å². The van der Waals surface area contributed by atoms with Gasteiger partial charge in [-0.05, 0) is 37.3 Å². The summed E-state index contributed by atoms with van der Waals surface area (Å²) in [6.07, 6.45) is 0.734. The van der Waals surface area contributed by atoms with E-state index in [0.29, 0.717) is 18.8 Å². The standard InChI is InChI=1S/C24H27N5O3S/c1-16-6-8-17(9-7-16)14-26-23(32)24(2)15-29-20(22(31)28(24)3)13-19(27-29)21(30)25-11-10-18-5-4-12-33-18/h4-9,12-13H,10-11,14-15H2,1-3H3,(H,25,30)(H,26,32). The Balaban J connectivity index is 1.43. The van der Waals surface area contributed by atoms with Crippen LogP contribution in [-0.4, -0.2) is 51.5 Å². The zero-order valence-corrected chi connectivity index (χ0v) is 19.7. The predicted molar refractivity (Wildman–Crippen MR) is 126 cm³/mol. The summed E-state index contributed by atoms with van der Waals surface area (Å²) >= 11 is 1.64. The SMILES string of the molecule is Cc1ccc(CNC(=O)C2(C)Cn3nc(C(=O)NCCc4cccs4)cc3C(=O)N2C)cc1. The fourth-order valence-electron chi connectivity index (χ4n) is 3.76. The van der Waals surface area contributed by atoms with Crippen LogP contribution in [0, 0.1) is 6.92 Å². The van der Waals surface area contributed by atoms with Crippen molar-refractivity contribution in [2.75, 3.05) is 13.6 Å². The van der Waals surface area contributed by atoms with Crippen molar-refractivity contribution in [3.63, 3.8) is 0 Å². The molecule has 3 heterocycles. The van der Waals surface area contributed by atoms with Gasteiger partial charge in [-0.25, -0.2) is 0 Å². The molecule has 33 heavy (non-hydrogen) atoms. The zero-order chi connectivity index (χ0) is 23.6. The molecule has 0 radical (unpaired) electrons. The third kappa shape index (κ3) is 4.68. The number of carbonyl (C=O) groups is 3. The van der Waals surface area contributed by atoms with Gasteiger partial charge in [0.1, 0.15) is 11.2 Å². The minimum atomic E-state index is -1.13. The molecule has 1 unspecified atom stereocenters. The molecule has 9 heteroatoms. The quantitative estimate of drug-likeness (QED) is 0.560. The predicted octanol–water partition coefficient (Wildman–Crippen LogP) is 2.39. The van der Waals surface area contributed by atoms with Crippen LogP contribution in [-0.2, 0) is 24.3 Å². The van der Waals surface area contributed by atoms with E-state index in [4.69, 9.17) is 0 Å². The lowest BCUT2D eigenvalue weighted by atomic mass is 9.95. The second-order valence-electron chi connectivity index (χ2n) is 8.46. The summed E-state index contributed by atoms with van der Waals surface area (Å²) in [5, 5.41) is 12.1. The van der Waals surface area contributed by atoms with Crippen molar-refractivity contribution in [2.24, 2.45) is 0 Å². The van der Waals surface area contributed by atoms with E-state index in [1.807, 2.05) is 48.7 Å². The first kappa shape index (κ1) is 22.7. The highest BCUT2D eigenvalue weighted by atomic mass is 32.1. The second kappa shape index (κ2) is 9.19. The molecule has 1 atom stereocenters. The van der Waals surface area contributed by atoms with Gasteiger partial charge in [-0.2, -0.15) is 5.10 Å². The minimum Gasteiger partial charge on any atom is -0.350 e. The molecule has 4 rings (SSSR count). The minimum absolute atomic E-state index is 0.160. The molecule has 8 nitrogen and oxygen atoms in total. The first-order valence-electron chi connectivity index (χ1n) is 10.8. The number of benzene rings is 1. The number of aryl methyl sites for hydroxylation is 1. The summed E-state index contributed by atoms with van der Waals surface area (Å²) in [6, 6.07) is 13.4.